The lowest BCUT2D eigenvalue weighted by Gasteiger charge is -2.31. The van der Waals surface area contributed by atoms with Crippen LogP contribution in [0.5, 0.6) is 0 Å². The lowest BCUT2D eigenvalue weighted by molar-refractivity contribution is -0.141. The zero-order valence-electron chi connectivity index (χ0n) is 21.4. The lowest BCUT2D eigenvalue weighted by Crippen LogP contribution is -2.49. The molecule has 0 bridgehead atoms. The molecule has 2 amide bonds. The number of rotatable bonds is 14. The number of nitrogens with zero attached hydrogens (tertiary/aromatic N) is 2. The molecule has 1 atom stereocenters. The third-order valence-electron chi connectivity index (χ3n) is 6.13. The summed E-state index contributed by atoms with van der Waals surface area (Å²) < 4.78 is 26.8. The van der Waals surface area contributed by atoms with Gasteiger partial charge >= 0.3 is 0 Å². The number of hydrogen-bond acceptors (Lipinski definition) is 4. The smallest absolute Gasteiger partial charge is 0.242 e. The molecular formula is C27H39N3O4S. The third kappa shape index (κ3) is 8.18. The van der Waals surface area contributed by atoms with Crippen molar-refractivity contribution in [2.45, 2.75) is 70.4 Å². The highest BCUT2D eigenvalue weighted by Crippen LogP contribution is 2.18. The summed E-state index contributed by atoms with van der Waals surface area (Å²) in [5, 5.41) is 2.96. The molecule has 1 N–H and O–H groups in total. The summed E-state index contributed by atoms with van der Waals surface area (Å²) in [5.74, 6) is -0.303. The Kier molecular flexibility index (Phi) is 11.4. The highest BCUT2D eigenvalue weighted by atomic mass is 32.2. The molecule has 0 unspecified atom stereocenters. The van der Waals surface area contributed by atoms with Crippen LogP contribution < -0.4 is 5.32 Å². The number of aryl methyl sites for hydroxylation is 1. The van der Waals surface area contributed by atoms with Gasteiger partial charge in [-0.3, -0.25) is 9.59 Å². The van der Waals surface area contributed by atoms with Crippen LogP contribution in [-0.4, -0.2) is 55.6 Å². The van der Waals surface area contributed by atoms with Gasteiger partial charge in [0.15, 0.2) is 0 Å². The topological polar surface area (TPSA) is 86.8 Å². The van der Waals surface area contributed by atoms with E-state index in [1.54, 1.807) is 35.2 Å². The molecule has 0 saturated heterocycles. The van der Waals surface area contributed by atoms with Crippen molar-refractivity contribution in [3.63, 3.8) is 0 Å². The van der Waals surface area contributed by atoms with Gasteiger partial charge in [0, 0.05) is 33.1 Å². The first-order valence-corrected chi connectivity index (χ1v) is 13.8. The van der Waals surface area contributed by atoms with E-state index in [4.69, 9.17) is 0 Å². The molecular weight excluding hydrogens is 462 g/mol. The Morgan fingerprint density at radius 3 is 2.26 bits per heavy atom. The first-order chi connectivity index (χ1) is 16.7. The Bertz CT molecular complexity index is 1060. The van der Waals surface area contributed by atoms with E-state index < -0.39 is 16.1 Å². The minimum atomic E-state index is -3.61. The monoisotopic (exact) mass is 501 g/mol. The zero-order chi connectivity index (χ0) is 25.8. The van der Waals surface area contributed by atoms with Crippen LogP contribution in [-0.2, 0) is 26.2 Å². The predicted molar refractivity (Wildman–Crippen MR) is 139 cm³/mol. The number of unbranched alkanes of at least 4 members (excludes halogenated alkanes) is 1. The molecule has 35 heavy (non-hydrogen) atoms. The fraction of sp³-hybridized carbons (Fsp3) is 0.481. The summed E-state index contributed by atoms with van der Waals surface area (Å²) in [7, 11) is -2.09. The van der Waals surface area contributed by atoms with Gasteiger partial charge in [-0.15, -0.1) is 0 Å². The minimum Gasteiger partial charge on any atom is -0.354 e. The highest BCUT2D eigenvalue weighted by Gasteiger charge is 2.29. The molecule has 0 aliphatic rings. The lowest BCUT2D eigenvalue weighted by atomic mass is 10.1. The van der Waals surface area contributed by atoms with Crippen molar-refractivity contribution in [3.05, 3.63) is 65.7 Å². The molecule has 0 saturated carbocycles. The molecule has 0 aliphatic carbocycles. The number of amides is 2. The zero-order valence-corrected chi connectivity index (χ0v) is 22.2. The number of hydrogen-bond donors (Lipinski definition) is 1. The Morgan fingerprint density at radius 1 is 0.971 bits per heavy atom. The van der Waals surface area contributed by atoms with Crippen LogP contribution in [0.4, 0.5) is 0 Å². The largest absolute Gasteiger partial charge is 0.354 e. The van der Waals surface area contributed by atoms with Gasteiger partial charge in [-0.05, 0) is 49.4 Å². The summed E-state index contributed by atoms with van der Waals surface area (Å²) in [6.07, 6.45) is 2.87. The van der Waals surface area contributed by atoms with Gasteiger partial charge in [0.1, 0.15) is 6.04 Å². The molecule has 0 fully saturated rings. The van der Waals surface area contributed by atoms with Crippen molar-refractivity contribution in [1.82, 2.24) is 14.5 Å². The van der Waals surface area contributed by atoms with Crippen molar-refractivity contribution in [1.29, 1.82) is 0 Å². The van der Waals surface area contributed by atoms with Crippen molar-refractivity contribution >= 4 is 21.8 Å². The van der Waals surface area contributed by atoms with E-state index in [1.165, 1.54) is 11.4 Å². The van der Waals surface area contributed by atoms with Gasteiger partial charge in [0.25, 0.3) is 0 Å². The maximum Gasteiger partial charge on any atom is 0.242 e. The summed E-state index contributed by atoms with van der Waals surface area (Å²) in [6, 6.07) is 15.5. The Morgan fingerprint density at radius 2 is 1.63 bits per heavy atom. The molecule has 192 valence electrons. The number of carbonyl (C=O) groups is 2. The fourth-order valence-electron chi connectivity index (χ4n) is 3.89. The summed E-state index contributed by atoms with van der Waals surface area (Å²) >= 11 is 0. The second-order valence-corrected chi connectivity index (χ2v) is 10.8. The van der Waals surface area contributed by atoms with E-state index in [1.807, 2.05) is 38.1 Å². The normalized spacial score (nSPS) is 12.4. The second kappa shape index (κ2) is 14.0. The first kappa shape index (κ1) is 28.5. The quantitative estimate of drug-likeness (QED) is 0.395. The highest BCUT2D eigenvalue weighted by molar-refractivity contribution is 7.89. The van der Waals surface area contributed by atoms with Crippen molar-refractivity contribution in [2.75, 3.05) is 20.1 Å². The van der Waals surface area contributed by atoms with E-state index >= 15 is 0 Å². The van der Waals surface area contributed by atoms with E-state index in [9.17, 15) is 18.0 Å². The molecule has 0 heterocycles. The van der Waals surface area contributed by atoms with Gasteiger partial charge in [0.05, 0.1) is 4.90 Å². The number of sulfonamides is 1. The van der Waals surface area contributed by atoms with Gasteiger partial charge in [0.2, 0.25) is 21.8 Å². The van der Waals surface area contributed by atoms with Gasteiger partial charge in [-0.1, -0.05) is 62.7 Å². The third-order valence-corrected chi connectivity index (χ3v) is 8.00. The van der Waals surface area contributed by atoms with Crippen LogP contribution in [0.15, 0.2) is 59.5 Å². The molecule has 0 aliphatic heterocycles. The molecule has 0 aromatic heterocycles. The Hall–Kier alpha value is -2.71. The first-order valence-electron chi connectivity index (χ1n) is 12.3. The Balaban J connectivity index is 2.12. The number of nitrogens with one attached hydrogen (secondary N) is 1. The van der Waals surface area contributed by atoms with Crippen LogP contribution in [0, 0.1) is 6.92 Å². The van der Waals surface area contributed by atoms with Crippen molar-refractivity contribution in [2.24, 2.45) is 0 Å². The summed E-state index contributed by atoms with van der Waals surface area (Å²) in [6.45, 7) is 7.09. The standard InChI is InChI=1S/C27H39N3O4S/c1-5-7-19-28-27(32)25(6-2)30(21-23-15-12-11-14-22(23)3)26(31)18-13-20-29(4)35(33,34)24-16-9-8-10-17-24/h8-12,14-17,25H,5-7,13,18-21H2,1-4H3,(H,28,32)/t25-/m0/s1. The van der Waals surface area contributed by atoms with E-state index in [-0.39, 0.29) is 29.7 Å². The minimum absolute atomic E-state index is 0.147. The van der Waals surface area contributed by atoms with Gasteiger partial charge < -0.3 is 10.2 Å². The van der Waals surface area contributed by atoms with Crippen LogP contribution in [0.25, 0.3) is 0 Å². The van der Waals surface area contributed by atoms with E-state index in [0.29, 0.717) is 25.9 Å². The average molecular weight is 502 g/mol. The maximum absolute atomic E-state index is 13.4. The molecule has 7 nitrogen and oxygen atoms in total. The Labute approximate surface area is 210 Å². The average Bonchev–Trinajstić information content (AvgIpc) is 2.85. The van der Waals surface area contributed by atoms with Crippen LogP contribution >= 0.6 is 0 Å². The van der Waals surface area contributed by atoms with Gasteiger partial charge in [-0.25, -0.2) is 12.7 Å². The molecule has 0 radical (unpaired) electrons. The summed E-state index contributed by atoms with van der Waals surface area (Å²) in [4.78, 5) is 28.2. The molecule has 2 rings (SSSR count). The molecule has 8 heteroatoms. The van der Waals surface area contributed by atoms with Crippen molar-refractivity contribution < 1.29 is 18.0 Å². The fourth-order valence-corrected chi connectivity index (χ4v) is 5.12. The van der Waals surface area contributed by atoms with Gasteiger partial charge in [-0.2, -0.15) is 0 Å². The number of benzene rings is 2. The maximum atomic E-state index is 13.4. The molecule has 0 spiro atoms. The van der Waals surface area contributed by atoms with Crippen LogP contribution in [0.2, 0.25) is 0 Å². The second-order valence-electron chi connectivity index (χ2n) is 8.76. The predicted octanol–water partition coefficient (Wildman–Crippen LogP) is 4.12. The SMILES string of the molecule is CCCCNC(=O)[C@H](CC)N(Cc1ccccc1C)C(=O)CCCN(C)S(=O)(=O)c1ccccc1. The van der Waals surface area contributed by atoms with E-state index in [2.05, 4.69) is 12.2 Å². The summed E-state index contributed by atoms with van der Waals surface area (Å²) in [5.41, 5.74) is 2.05. The van der Waals surface area contributed by atoms with E-state index in [0.717, 1.165) is 24.0 Å². The van der Waals surface area contributed by atoms with Crippen LogP contribution in [0.3, 0.4) is 0 Å². The van der Waals surface area contributed by atoms with Crippen molar-refractivity contribution in [3.8, 4) is 0 Å². The molecule has 2 aromatic carbocycles. The molecule has 2 aromatic rings. The number of carbonyl (C=O) groups excluding carboxylic acids is 2. The van der Waals surface area contributed by atoms with Crippen LogP contribution in [0.1, 0.15) is 57.1 Å².